The van der Waals surface area contributed by atoms with Crippen LogP contribution in [0.5, 0.6) is 0 Å². The third kappa shape index (κ3) is 3.72. The van der Waals surface area contributed by atoms with Crippen molar-refractivity contribution in [1.29, 1.82) is 0 Å². The zero-order valence-corrected chi connectivity index (χ0v) is 14.4. The summed E-state index contributed by atoms with van der Waals surface area (Å²) >= 11 is 0. The van der Waals surface area contributed by atoms with Crippen LogP contribution in [0.1, 0.15) is 12.5 Å². The molecule has 3 heterocycles. The molecule has 1 aromatic heterocycles. The maximum atomic E-state index is 14.0. The third-order valence-corrected chi connectivity index (χ3v) is 3.87. The molecular weight excluding hydrogens is 369 g/mol. The van der Waals surface area contributed by atoms with E-state index in [2.05, 4.69) is 19.7 Å². The number of nitrogens with zero attached hydrogens (tertiary/aromatic N) is 4. The van der Waals surface area contributed by atoms with Crippen LogP contribution in [-0.2, 0) is 19.0 Å². The molecule has 11 heteroatoms. The summed E-state index contributed by atoms with van der Waals surface area (Å²) < 4.78 is 57.3. The van der Waals surface area contributed by atoms with E-state index in [4.69, 9.17) is 9.47 Å². The van der Waals surface area contributed by atoms with Crippen LogP contribution in [-0.4, -0.2) is 72.5 Å². The van der Waals surface area contributed by atoms with E-state index in [0.717, 1.165) is 0 Å². The third-order valence-electron chi connectivity index (χ3n) is 3.87. The van der Waals surface area contributed by atoms with Crippen molar-refractivity contribution in [2.45, 2.75) is 18.8 Å². The van der Waals surface area contributed by atoms with Crippen molar-refractivity contribution in [3.05, 3.63) is 30.1 Å². The fourth-order valence-corrected chi connectivity index (χ4v) is 2.52. The Labute approximate surface area is 152 Å². The Balaban J connectivity index is 2.12. The highest BCUT2D eigenvalue weighted by Gasteiger charge is 2.65. The second-order valence-corrected chi connectivity index (χ2v) is 5.64. The minimum atomic E-state index is -5.13. The van der Waals surface area contributed by atoms with E-state index in [1.54, 1.807) is 0 Å². The fraction of sp³-hybridized carbons (Fsp3) is 0.500. The number of hydrogen-bond donors (Lipinski definition) is 0. The minimum Gasteiger partial charge on any atom is -0.462 e. The topological polar surface area (TPSA) is 85.6 Å². The van der Waals surface area contributed by atoms with Gasteiger partial charge in [0.1, 0.15) is 0 Å². The lowest BCUT2D eigenvalue weighted by Crippen LogP contribution is -2.56. The van der Waals surface area contributed by atoms with Crippen molar-refractivity contribution in [3.63, 3.8) is 0 Å². The number of aliphatic imine (C=N–C) groups is 2. The number of amidine groups is 1. The fourth-order valence-electron chi connectivity index (χ4n) is 2.52. The number of alkyl halides is 3. The number of rotatable bonds is 3. The second-order valence-electron chi connectivity index (χ2n) is 5.64. The first-order valence-electron chi connectivity index (χ1n) is 8.22. The Bertz CT molecular complexity index is 748. The highest BCUT2D eigenvalue weighted by atomic mass is 19.4. The first kappa shape index (κ1) is 19.1. The maximum absolute atomic E-state index is 14.0. The SMILES string of the molecule is CCOC(=O)[C@]1(C(F)(F)F)N=C(c2ccncc2)OC(N2CCOCC2)=N1. The zero-order valence-electron chi connectivity index (χ0n) is 14.4. The molecule has 1 saturated heterocycles. The van der Waals surface area contributed by atoms with Crippen LogP contribution in [0, 0.1) is 0 Å². The lowest BCUT2D eigenvalue weighted by molar-refractivity contribution is -0.204. The van der Waals surface area contributed by atoms with Gasteiger partial charge in [0.15, 0.2) is 0 Å². The molecule has 1 fully saturated rings. The number of carbonyl (C=O) groups excluding carboxylic acids is 1. The summed E-state index contributed by atoms with van der Waals surface area (Å²) in [5.74, 6) is -2.00. The Kier molecular flexibility index (Phi) is 5.31. The van der Waals surface area contributed by atoms with Gasteiger partial charge in [0.2, 0.25) is 5.90 Å². The Morgan fingerprint density at radius 1 is 1.26 bits per heavy atom. The average Bonchev–Trinajstić information content (AvgIpc) is 2.68. The summed E-state index contributed by atoms with van der Waals surface area (Å²) in [7, 11) is 0. The summed E-state index contributed by atoms with van der Waals surface area (Å²) in [6.45, 7) is 2.27. The smallest absolute Gasteiger partial charge is 0.446 e. The molecule has 2 aliphatic rings. The van der Waals surface area contributed by atoms with Crippen molar-refractivity contribution in [2.75, 3.05) is 32.9 Å². The molecule has 8 nitrogen and oxygen atoms in total. The molecule has 2 aliphatic heterocycles. The number of halogens is 3. The standard InChI is InChI=1S/C16H17F3N4O4/c1-2-26-13(24)15(16(17,18)19)21-12(11-3-5-20-6-4-11)27-14(22-15)23-7-9-25-10-8-23/h3-6H,2,7-10H2,1H3/t15-/m0/s1. The molecule has 0 amide bonds. The van der Waals surface area contributed by atoms with Gasteiger partial charge in [0.05, 0.1) is 19.8 Å². The molecule has 27 heavy (non-hydrogen) atoms. The normalized spacial score (nSPS) is 23.2. The number of carbonyl (C=O) groups is 1. The first-order valence-corrected chi connectivity index (χ1v) is 8.22. The lowest BCUT2D eigenvalue weighted by Gasteiger charge is -2.35. The monoisotopic (exact) mass is 386 g/mol. The summed E-state index contributed by atoms with van der Waals surface area (Å²) in [6, 6.07) is 2.49. The number of hydrogen-bond acceptors (Lipinski definition) is 8. The van der Waals surface area contributed by atoms with E-state index in [-0.39, 0.29) is 37.2 Å². The summed E-state index contributed by atoms with van der Waals surface area (Å²) in [6.07, 6.45) is -2.37. The molecule has 0 saturated carbocycles. The predicted molar refractivity (Wildman–Crippen MR) is 87.1 cm³/mol. The van der Waals surface area contributed by atoms with Gasteiger partial charge in [-0.25, -0.2) is 4.79 Å². The molecular formula is C16H17F3N4O4. The molecule has 0 radical (unpaired) electrons. The van der Waals surface area contributed by atoms with Crippen molar-refractivity contribution in [3.8, 4) is 0 Å². The molecule has 0 N–H and O–H groups in total. The van der Waals surface area contributed by atoms with Crippen LogP contribution >= 0.6 is 0 Å². The van der Waals surface area contributed by atoms with Crippen LogP contribution in [0.15, 0.2) is 34.5 Å². The van der Waals surface area contributed by atoms with Gasteiger partial charge in [-0.05, 0) is 19.1 Å². The van der Waals surface area contributed by atoms with Crippen molar-refractivity contribution < 1.29 is 32.2 Å². The molecule has 0 spiro atoms. The van der Waals surface area contributed by atoms with Gasteiger partial charge in [0.25, 0.3) is 6.02 Å². The van der Waals surface area contributed by atoms with Gasteiger partial charge in [-0.15, -0.1) is 0 Å². The van der Waals surface area contributed by atoms with Crippen LogP contribution in [0.2, 0.25) is 0 Å². The Hall–Kier alpha value is -2.69. The van der Waals surface area contributed by atoms with Crippen LogP contribution in [0.4, 0.5) is 13.2 Å². The Morgan fingerprint density at radius 2 is 1.93 bits per heavy atom. The number of ether oxygens (including phenoxy) is 3. The molecule has 146 valence electrons. The maximum Gasteiger partial charge on any atom is 0.446 e. The number of morpholine rings is 1. The van der Waals surface area contributed by atoms with Gasteiger partial charge in [0, 0.05) is 31.0 Å². The predicted octanol–water partition coefficient (Wildman–Crippen LogP) is 1.37. The molecule has 3 rings (SSSR count). The number of esters is 1. The summed E-state index contributed by atoms with van der Waals surface area (Å²) in [5, 5.41) is 0. The molecule has 0 aliphatic carbocycles. The largest absolute Gasteiger partial charge is 0.462 e. The van der Waals surface area contributed by atoms with E-state index in [9.17, 15) is 18.0 Å². The van der Waals surface area contributed by atoms with Gasteiger partial charge in [-0.2, -0.15) is 23.2 Å². The molecule has 0 aromatic carbocycles. The van der Waals surface area contributed by atoms with Crippen molar-refractivity contribution in [1.82, 2.24) is 9.88 Å². The van der Waals surface area contributed by atoms with Gasteiger partial charge >= 0.3 is 17.8 Å². The quantitative estimate of drug-likeness (QED) is 0.730. The van der Waals surface area contributed by atoms with Gasteiger partial charge < -0.3 is 19.1 Å². The number of aromatic nitrogens is 1. The summed E-state index contributed by atoms with van der Waals surface area (Å²) in [4.78, 5) is 24.7. The number of pyridine rings is 1. The first-order chi connectivity index (χ1) is 12.9. The van der Waals surface area contributed by atoms with Crippen molar-refractivity contribution >= 4 is 17.9 Å². The summed E-state index contributed by atoms with van der Waals surface area (Å²) in [5.41, 5.74) is -3.21. The minimum absolute atomic E-state index is 0.226. The molecule has 1 aromatic rings. The van der Waals surface area contributed by atoms with E-state index < -0.39 is 17.8 Å². The lowest BCUT2D eigenvalue weighted by atomic mass is 10.1. The van der Waals surface area contributed by atoms with Gasteiger partial charge in [-0.1, -0.05) is 0 Å². The van der Waals surface area contributed by atoms with E-state index in [0.29, 0.717) is 13.2 Å². The van der Waals surface area contributed by atoms with Crippen LogP contribution < -0.4 is 0 Å². The van der Waals surface area contributed by atoms with E-state index in [1.165, 1.54) is 36.4 Å². The van der Waals surface area contributed by atoms with Gasteiger partial charge in [-0.3, -0.25) is 4.98 Å². The molecule has 1 atom stereocenters. The molecule has 0 bridgehead atoms. The van der Waals surface area contributed by atoms with Crippen molar-refractivity contribution in [2.24, 2.45) is 9.98 Å². The van der Waals surface area contributed by atoms with E-state index in [1.807, 2.05) is 0 Å². The van der Waals surface area contributed by atoms with E-state index >= 15 is 0 Å². The highest BCUT2D eigenvalue weighted by Crippen LogP contribution is 2.39. The average molecular weight is 386 g/mol. The second kappa shape index (κ2) is 7.51. The highest BCUT2D eigenvalue weighted by molar-refractivity contribution is 6.05. The zero-order chi connectivity index (χ0) is 19.5. The Morgan fingerprint density at radius 3 is 2.52 bits per heavy atom. The molecule has 0 unspecified atom stereocenters. The van der Waals surface area contributed by atoms with Crippen LogP contribution in [0.3, 0.4) is 0 Å². The van der Waals surface area contributed by atoms with Crippen LogP contribution in [0.25, 0.3) is 0 Å².